The fourth-order valence-electron chi connectivity index (χ4n) is 3.80. The number of rotatable bonds is 5. The number of halogens is 2. The van der Waals surface area contributed by atoms with E-state index in [9.17, 15) is 18.4 Å². The lowest BCUT2D eigenvalue weighted by molar-refractivity contribution is -0.160. The number of morpholine rings is 1. The van der Waals surface area contributed by atoms with Crippen molar-refractivity contribution in [3.63, 3.8) is 0 Å². The number of imidazole rings is 1. The van der Waals surface area contributed by atoms with E-state index in [2.05, 4.69) is 4.98 Å². The van der Waals surface area contributed by atoms with E-state index < -0.39 is 40.8 Å². The molecule has 0 bridgehead atoms. The zero-order valence-electron chi connectivity index (χ0n) is 17.5. The number of carboxylic acid groups (broad SMARTS) is 1. The van der Waals surface area contributed by atoms with Gasteiger partial charge in [-0.3, -0.25) is 4.90 Å². The molecule has 8 nitrogen and oxygen atoms in total. The Bertz CT molecular complexity index is 1190. The van der Waals surface area contributed by atoms with Gasteiger partial charge in [0.2, 0.25) is 0 Å². The quantitative estimate of drug-likeness (QED) is 0.604. The van der Waals surface area contributed by atoms with Crippen LogP contribution >= 0.6 is 0 Å². The molecule has 0 saturated carbocycles. The fourth-order valence-corrected chi connectivity index (χ4v) is 3.80. The largest absolute Gasteiger partial charge is 0.478 e. The van der Waals surface area contributed by atoms with E-state index in [0.717, 1.165) is 17.7 Å². The average molecular weight is 445 g/mol. The summed E-state index contributed by atoms with van der Waals surface area (Å²) >= 11 is 0. The molecule has 3 heterocycles. The number of benzene rings is 1. The number of fused-ring (bicyclic) bond motifs is 1. The molecule has 1 aromatic carbocycles. The zero-order valence-corrected chi connectivity index (χ0v) is 17.5. The summed E-state index contributed by atoms with van der Waals surface area (Å²) < 4.78 is 41.7. The van der Waals surface area contributed by atoms with Crippen LogP contribution in [0.4, 0.5) is 8.78 Å². The minimum Gasteiger partial charge on any atom is -0.478 e. The molecule has 1 fully saturated rings. The number of hydrogen-bond donors (Lipinski definition) is 1. The van der Waals surface area contributed by atoms with E-state index in [1.165, 1.54) is 7.11 Å². The second-order valence-corrected chi connectivity index (χ2v) is 7.58. The van der Waals surface area contributed by atoms with Gasteiger partial charge in [-0.15, -0.1) is 0 Å². The van der Waals surface area contributed by atoms with Gasteiger partial charge in [0.25, 0.3) is 0 Å². The Hall–Kier alpha value is -3.37. The minimum atomic E-state index is -1.43. The number of aromatic nitrogens is 2. The van der Waals surface area contributed by atoms with Gasteiger partial charge in [-0.1, -0.05) is 0 Å². The first-order valence-electron chi connectivity index (χ1n) is 9.90. The minimum absolute atomic E-state index is 0.0728. The van der Waals surface area contributed by atoms with E-state index in [4.69, 9.17) is 14.6 Å². The maximum atomic E-state index is 14.9. The number of aromatic carboxylic acids is 1. The SMILES string of the molecule is COC(=O)[C@@H]1CN(Cc2c(-c3c(F)cc(C(=O)O)cc3F)nc3cc(C)ccn23)CCO1. The Morgan fingerprint density at radius 3 is 2.66 bits per heavy atom. The van der Waals surface area contributed by atoms with Crippen LogP contribution in [0, 0.1) is 18.6 Å². The van der Waals surface area contributed by atoms with Crippen molar-refractivity contribution < 1.29 is 33.0 Å². The molecular formula is C22H21F2N3O5. The summed E-state index contributed by atoms with van der Waals surface area (Å²) in [5.41, 5.74) is 1.10. The zero-order chi connectivity index (χ0) is 23.0. The molecule has 1 aliphatic rings. The number of aryl methyl sites for hydroxylation is 1. The first-order chi connectivity index (χ1) is 15.3. The van der Waals surface area contributed by atoms with E-state index in [0.29, 0.717) is 24.5 Å². The summed E-state index contributed by atoms with van der Waals surface area (Å²) in [4.78, 5) is 29.4. The summed E-state index contributed by atoms with van der Waals surface area (Å²) in [6.07, 6.45) is 0.998. The van der Waals surface area contributed by atoms with Crippen LogP contribution < -0.4 is 0 Å². The van der Waals surface area contributed by atoms with Gasteiger partial charge in [-0.05, 0) is 36.8 Å². The van der Waals surface area contributed by atoms with Crippen LogP contribution in [0.3, 0.4) is 0 Å². The van der Waals surface area contributed by atoms with Crippen molar-refractivity contribution in [2.24, 2.45) is 0 Å². The summed E-state index contributed by atoms with van der Waals surface area (Å²) in [5.74, 6) is -3.95. The molecule has 1 N–H and O–H groups in total. The molecule has 3 aromatic rings. The maximum Gasteiger partial charge on any atom is 0.336 e. The van der Waals surface area contributed by atoms with Crippen molar-refractivity contribution >= 4 is 17.6 Å². The van der Waals surface area contributed by atoms with Crippen LogP contribution in [-0.2, 0) is 20.8 Å². The first kappa shape index (κ1) is 21.8. The van der Waals surface area contributed by atoms with Crippen molar-refractivity contribution in [1.82, 2.24) is 14.3 Å². The first-order valence-corrected chi connectivity index (χ1v) is 9.90. The van der Waals surface area contributed by atoms with Gasteiger partial charge in [0, 0.05) is 25.8 Å². The van der Waals surface area contributed by atoms with Crippen LogP contribution in [0.5, 0.6) is 0 Å². The van der Waals surface area contributed by atoms with Crippen LogP contribution in [0.2, 0.25) is 0 Å². The van der Waals surface area contributed by atoms with E-state index in [-0.39, 0.29) is 18.8 Å². The molecule has 168 valence electrons. The highest BCUT2D eigenvalue weighted by atomic mass is 19.1. The van der Waals surface area contributed by atoms with Crippen molar-refractivity contribution in [3.05, 3.63) is 58.9 Å². The third-order valence-corrected chi connectivity index (χ3v) is 5.39. The normalized spacial score (nSPS) is 16.9. The van der Waals surface area contributed by atoms with Gasteiger partial charge in [0.1, 0.15) is 17.3 Å². The third kappa shape index (κ3) is 4.06. The van der Waals surface area contributed by atoms with E-state index >= 15 is 0 Å². The molecule has 0 unspecified atom stereocenters. The molecule has 1 atom stereocenters. The van der Waals surface area contributed by atoms with Gasteiger partial charge >= 0.3 is 11.9 Å². The molecule has 10 heteroatoms. The predicted octanol–water partition coefficient (Wildman–Crippen LogP) is 2.66. The topological polar surface area (TPSA) is 93.4 Å². The number of esters is 1. The number of carboxylic acids is 1. The van der Waals surface area contributed by atoms with Gasteiger partial charge in [0.05, 0.1) is 36.2 Å². The van der Waals surface area contributed by atoms with E-state index in [1.807, 2.05) is 17.9 Å². The van der Waals surface area contributed by atoms with Crippen molar-refractivity contribution in [3.8, 4) is 11.3 Å². The summed E-state index contributed by atoms with van der Waals surface area (Å²) in [6, 6.07) is 5.19. The Labute approximate surface area is 182 Å². The monoisotopic (exact) mass is 445 g/mol. The number of carbonyl (C=O) groups excluding carboxylic acids is 1. The molecule has 0 spiro atoms. The van der Waals surface area contributed by atoms with Crippen LogP contribution in [0.15, 0.2) is 30.5 Å². The van der Waals surface area contributed by atoms with Gasteiger partial charge < -0.3 is 19.0 Å². The van der Waals surface area contributed by atoms with Crippen molar-refractivity contribution in [2.45, 2.75) is 19.6 Å². The lowest BCUT2D eigenvalue weighted by Crippen LogP contribution is -2.46. The Kier molecular flexibility index (Phi) is 5.90. The second-order valence-electron chi connectivity index (χ2n) is 7.58. The standard InChI is InChI=1S/C22H21F2N3O5/c1-12-3-4-27-16(10-26-5-6-32-17(11-26)22(30)31-2)20(25-18(27)7-12)19-14(23)8-13(21(28)29)9-15(19)24/h3-4,7-9,17H,5-6,10-11H2,1-2H3,(H,28,29)/t17-/m0/s1. The summed E-state index contributed by atoms with van der Waals surface area (Å²) in [6.45, 7) is 3.14. The third-order valence-electron chi connectivity index (χ3n) is 5.39. The Balaban J connectivity index is 1.80. The van der Waals surface area contributed by atoms with Crippen molar-refractivity contribution in [2.75, 3.05) is 26.8 Å². The molecule has 0 radical (unpaired) electrons. The van der Waals surface area contributed by atoms with Gasteiger partial charge in [-0.25, -0.2) is 23.4 Å². The molecule has 1 saturated heterocycles. The van der Waals surface area contributed by atoms with Gasteiger partial charge in [0.15, 0.2) is 6.10 Å². The highest BCUT2D eigenvalue weighted by Crippen LogP contribution is 2.32. The maximum absolute atomic E-state index is 14.9. The molecular weight excluding hydrogens is 424 g/mol. The van der Waals surface area contributed by atoms with Crippen LogP contribution in [-0.4, -0.2) is 64.2 Å². The fraction of sp³-hybridized carbons (Fsp3) is 0.318. The number of pyridine rings is 1. The number of ether oxygens (including phenoxy) is 2. The smallest absolute Gasteiger partial charge is 0.336 e. The summed E-state index contributed by atoms with van der Waals surface area (Å²) in [5, 5.41) is 9.09. The number of methoxy groups -OCH3 is 1. The Morgan fingerprint density at radius 2 is 2.00 bits per heavy atom. The molecule has 0 amide bonds. The highest BCUT2D eigenvalue weighted by Gasteiger charge is 2.30. The van der Waals surface area contributed by atoms with E-state index in [1.54, 1.807) is 16.7 Å². The van der Waals surface area contributed by atoms with Crippen LogP contribution in [0.1, 0.15) is 21.6 Å². The number of nitrogens with zero attached hydrogens (tertiary/aromatic N) is 3. The Morgan fingerprint density at radius 1 is 1.28 bits per heavy atom. The van der Waals surface area contributed by atoms with Crippen molar-refractivity contribution in [1.29, 1.82) is 0 Å². The van der Waals surface area contributed by atoms with Gasteiger partial charge in [-0.2, -0.15) is 0 Å². The highest BCUT2D eigenvalue weighted by molar-refractivity contribution is 5.88. The second kappa shape index (κ2) is 8.64. The average Bonchev–Trinajstić information content (AvgIpc) is 3.09. The number of hydrogen-bond acceptors (Lipinski definition) is 6. The van der Waals surface area contributed by atoms with Crippen LogP contribution in [0.25, 0.3) is 16.9 Å². The molecule has 4 rings (SSSR count). The number of carbonyl (C=O) groups is 2. The molecule has 2 aromatic heterocycles. The molecule has 1 aliphatic heterocycles. The lowest BCUT2D eigenvalue weighted by atomic mass is 10.0. The lowest BCUT2D eigenvalue weighted by Gasteiger charge is -2.31. The predicted molar refractivity (Wildman–Crippen MR) is 109 cm³/mol. The molecule has 32 heavy (non-hydrogen) atoms. The summed E-state index contributed by atoms with van der Waals surface area (Å²) in [7, 11) is 1.28. The molecule has 0 aliphatic carbocycles.